The number of nitrogens with one attached hydrogen (secondary N) is 3. The summed E-state index contributed by atoms with van der Waals surface area (Å²) in [7, 11) is 1.52. The minimum atomic E-state index is -0.743. The molecule has 2 heterocycles. The van der Waals surface area contributed by atoms with Crippen molar-refractivity contribution < 1.29 is 27.5 Å². The highest BCUT2D eigenvalue weighted by Crippen LogP contribution is 2.37. The highest BCUT2D eigenvalue weighted by molar-refractivity contribution is 6.04. The first-order valence-electron chi connectivity index (χ1n) is 11.1. The molecule has 0 aliphatic carbocycles. The lowest BCUT2D eigenvalue weighted by atomic mass is 9.78. The summed E-state index contributed by atoms with van der Waals surface area (Å²) in [6, 6.07) is 5.89. The predicted molar refractivity (Wildman–Crippen MR) is 121 cm³/mol. The van der Waals surface area contributed by atoms with Gasteiger partial charge in [0.15, 0.2) is 5.78 Å². The molecule has 2 aromatic carbocycles. The number of amides is 2. The zero-order chi connectivity index (χ0) is 24.3. The molecular formula is C24H27F3N4O3. The molecule has 2 aliphatic heterocycles. The van der Waals surface area contributed by atoms with Crippen molar-refractivity contribution >= 4 is 23.2 Å². The maximum Gasteiger partial charge on any atom is 0.317 e. The first-order valence-corrected chi connectivity index (χ1v) is 11.1. The van der Waals surface area contributed by atoms with E-state index in [4.69, 9.17) is 4.74 Å². The van der Waals surface area contributed by atoms with Crippen molar-refractivity contribution in [2.75, 3.05) is 44.0 Å². The second-order valence-electron chi connectivity index (χ2n) is 8.68. The van der Waals surface area contributed by atoms with E-state index in [1.54, 1.807) is 11.0 Å². The number of nitrogens with zero attached hydrogens (tertiary/aromatic N) is 1. The van der Waals surface area contributed by atoms with Gasteiger partial charge >= 0.3 is 6.03 Å². The quantitative estimate of drug-likeness (QED) is 0.551. The van der Waals surface area contributed by atoms with E-state index in [-0.39, 0.29) is 36.0 Å². The Bertz CT molecular complexity index is 1090. The number of rotatable bonds is 6. The van der Waals surface area contributed by atoms with Gasteiger partial charge in [-0.15, -0.1) is 0 Å². The maximum atomic E-state index is 14.2. The number of halogens is 3. The van der Waals surface area contributed by atoms with E-state index in [2.05, 4.69) is 16.0 Å². The summed E-state index contributed by atoms with van der Waals surface area (Å²) in [6.07, 6.45) is 1.32. The number of anilines is 2. The number of fused-ring (bicyclic) bond motifs is 1. The molecule has 1 saturated heterocycles. The Hall–Kier alpha value is -3.27. The highest BCUT2D eigenvalue weighted by atomic mass is 19.1. The van der Waals surface area contributed by atoms with Gasteiger partial charge < -0.3 is 25.6 Å². The van der Waals surface area contributed by atoms with Crippen molar-refractivity contribution in [3.05, 3.63) is 58.9 Å². The van der Waals surface area contributed by atoms with Crippen molar-refractivity contribution in [1.29, 1.82) is 0 Å². The van der Waals surface area contributed by atoms with Crippen molar-refractivity contribution in [1.82, 2.24) is 10.2 Å². The molecule has 1 fully saturated rings. The minimum Gasteiger partial charge on any atom is -0.383 e. The van der Waals surface area contributed by atoms with E-state index in [9.17, 15) is 22.8 Å². The van der Waals surface area contributed by atoms with Gasteiger partial charge in [-0.05, 0) is 37.1 Å². The first-order chi connectivity index (χ1) is 16.3. The molecule has 2 aliphatic rings. The number of urea groups is 1. The Morgan fingerprint density at radius 1 is 1.15 bits per heavy atom. The summed E-state index contributed by atoms with van der Waals surface area (Å²) >= 11 is 0. The van der Waals surface area contributed by atoms with Crippen LogP contribution in [-0.4, -0.2) is 55.6 Å². The van der Waals surface area contributed by atoms with Gasteiger partial charge in [0, 0.05) is 68.1 Å². The van der Waals surface area contributed by atoms with Crippen LogP contribution < -0.4 is 16.0 Å². The standard InChI is InChI=1S/C24H27F3N4O3/c1-34-9-6-28-21-10-15(18(26)12-19(21)27)14-29-23(33)31-7-4-24(5-8-31)13-22(32)17-11-16(25)2-3-20(17)30-24/h2-3,10-12,28,30H,4-9,13-14H2,1H3,(H,29,33). The number of likely N-dealkylation sites (tertiary alicyclic amines) is 1. The van der Waals surface area contributed by atoms with Crippen molar-refractivity contribution in [3.8, 4) is 0 Å². The lowest BCUT2D eigenvalue weighted by molar-refractivity contribution is 0.0915. The minimum absolute atomic E-state index is 0.0960. The number of methoxy groups -OCH3 is 1. The second-order valence-corrected chi connectivity index (χ2v) is 8.68. The van der Waals surface area contributed by atoms with E-state index in [1.807, 2.05) is 0 Å². The summed E-state index contributed by atoms with van der Waals surface area (Å²) in [5.74, 6) is -2.03. The summed E-state index contributed by atoms with van der Waals surface area (Å²) in [6.45, 7) is 1.43. The molecule has 0 unspecified atom stereocenters. The fourth-order valence-corrected chi connectivity index (χ4v) is 4.46. The van der Waals surface area contributed by atoms with Gasteiger partial charge in [-0.2, -0.15) is 0 Å². The van der Waals surface area contributed by atoms with Crippen molar-refractivity contribution in [2.24, 2.45) is 0 Å². The molecule has 10 heteroatoms. The smallest absolute Gasteiger partial charge is 0.317 e. The average Bonchev–Trinajstić information content (AvgIpc) is 2.81. The molecule has 0 atom stereocenters. The Balaban J connectivity index is 1.34. The molecule has 1 spiro atoms. The van der Waals surface area contributed by atoms with Crippen LogP contribution in [0, 0.1) is 17.5 Å². The lowest BCUT2D eigenvalue weighted by Gasteiger charge is -2.45. The molecule has 3 N–H and O–H groups in total. The van der Waals surface area contributed by atoms with Crippen LogP contribution in [0.5, 0.6) is 0 Å². The number of Topliss-reactive ketones (excluding diaryl/α,β-unsaturated/α-hetero) is 1. The van der Waals surface area contributed by atoms with E-state index in [1.165, 1.54) is 25.3 Å². The normalized spacial score (nSPS) is 16.7. The van der Waals surface area contributed by atoms with Gasteiger partial charge in [0.25, 0.3) is 0 Å². The average molecular weight is 476 g/mol. The van der Waals surface area contributed by atoms with Crippen LogP contribution in [-0.2, 0) is 11.3 Å². The van der Waals surface area contributed by atoms with Crippen LogP contribution in [0.4, 0.5) is 29.3 Å². The summed E-state index contributed by atoms with van der Waals surface area (Å²) < 4.78 is 46.6. The topological polar surface area (TPSA) is 82.7 Å². The highest BCUT2D eigenvalue weighted by Gasteiger charge is 2.41. The molecule has 34 heavy (non-hydrogen) atoms. The zero-order valence-corrected chi connectivity index (χ0v) is 18.8. The number of ketones is 1. The summed E-state index contributed by atoms with van der Waals surface area (Å²) in [4.78, 5) is 26.9. The zero-order valence-electron chi connectivity index (χ0n) is 18.8. The van der Waals surface area contributed by atoms with Crippen molar-refractivity contribution in [3.63, 3.8) is 0 Å². The van der Waals surface area contributed by atoms with Crippen LogP contribution >= 0.6 is 0 Å². The number of hydrogen-bond acceptors (Lipinski definition) is 5. The Kier molecular flexibility index (Phi) is 6.97. The Morgan fingerprint density at radius 3 is 2.65 bits per heavy atom. The van der Waals surface area contributed by atoms with Gasteiger partial charge in [0.2, 0.25) is 0 Å². The maximum absolute atomic E-state index is 14.2. The lowest BCUT2D eigenvalue weighted by Crippen LogP contribution is -2.55. The van der Waals surface area contributed by atoms with Gasteiger partial charge in [-0.1, -0.05) is 0 Å². The summed E-state index contributed by atoms with van der Waals surface area (Å²) in [5.41, 5.74) is 0.771. The number of hydrogen-bond donors (Lipinski definition) is 3. The van der Waals surface area contributed by atoms with E-state index in [0.29, 0.717) is 50.3 Å². The van der Waals surface area contributed by atoms with Crippen LogP contribution in [0.3, 0.4) is 0 Å². The van der Waals surface area contributed by atoms with Gasteiger partial charge in [0.05, 0.1) is 12.3 Å². The SMILES string of the molecule is COCCNc1cc(CNC(=O)N2CCC3(CC2)CC(=O)c2cc(F)ccc2N3)c(F)cc1F. The number of ether oxygens (including phenoxy) is 1. The van der Waals surface area contributed by atoms with Gasteiger partial charge in [-0.3, -0.25) is 4.79 Å². The summed E-state index contributed by atoms with van der Waals surface area (Å²) in [5, 5.41) is 8.90. The molecule has 0 bridgehead atoms. The number of carbonyl (C=O) groups excluding carboxylic acids is 2. The molecule has 2 aromatic rings. The molecule has 7 nitrogen and oxygen atoms in total. The fraction of sp³-hybridized carbons (Fsp3) is 0.417. The van der Waals surface area contributed by atoms with Crippen LogP contribution in [0.2, 0.25) is 0 Å². The molecule has 2 amide bonds. The van der Waals surface area contributed by atoms with Crippen LogP contribution in [0.1, 0.15) is 35.2 Å². The molecular weight excluding hydrogens is 449 g/mol. The largest absolute Gasteiger partial charge is 0.383 e. The first kappa shape index (κ1) is 23.9. The van der Waals surface area contributed by atoms with E-state index >= 15 is 0 Å². The molecule has 0 saturated carbocycles. The molecule has 4 rings (SSSR count). The Morgan fingerprint density at radius 2 is 1.91 bits per heavy atom. The number of carbonyl (C=O) groups is 2. The third-order valence-corrected chi connectivity index (χ3v) is 6.38. The van der Waals surface area contributed by atoms with Crippen LogP contribution in [0.15, 0.2) is 30.3 Å². The molecule has 0 radical (unpaired) electrons. The van der Waals surface area contributed by atoms with E-state index in [0.717, 1.165) is 6.07 Å². The van der Waals surface area contributed by atoms with Crippen molar-refractivity contribution in [2.45, 2.75) is 31.3 Å². The number of benzene rings is 2. The van der Waals surface area contributed by atoms with Gasteiger partial charge in [0.1, 0.15) is 17.5 Å². The van der Waals surface area contributed by atoms with Gasteiger partial charge in [-0.25, -0.2) is 18.0 Å². The van der Waals surface area contributed by atoms with Crippen LogP contribution in [0.25, 0.3) is 0 Å². The monoisotopic (exact) mass is 476 g/mol. The molecule has 182 valence electrons. The second kappa shape index (κ2) is 9.92. The number of piperidine rings is 1. The third kappa shape index (κ3) is 5.11. The molecule has 0 aromatic heterocycles. The predicted octanol–water partition coefficient (Wildman–Crippen LogP) is 3.90. The third-order valence-electron chi connectivity index (χ3n) is 6.38. The fourth-order valence-electron chi connectivity index (χ4n) is 4.46. The Labute approximate surface area is 195 Å². The van der Waals surface area contributed by atoms with E-state index < -0.39 is 23.0 Å².